The van der Waals surface area contributed by atoms with E-state index >= 15 is 0 Å². The molecule has 6 heteroatoms. The second kappa shape index (κ2) is 6.32. The Morgan fingerprint density at radius 2 is 2.00 bits per heavy atom. The van der Waals surface area contributed by atoms with E-state index in [0.29, 0.717) is 11.3 Å². The lowest BCUT2D eigenvalue weighted by molar-refractivity contribution is 0.0953. The third kappa shape index (κ3) is 3.55. The molecule has 0 aliphatic heterocycles. The normalized spacial score (nSPS) is 10.3. The topological polar surface area (TPSA) is 64.3 Å². The quantitative estimate of drug-likeness (QED) is 0.517. The van der Waals surface area contributed by atoms with Gasteiger partial charge in [-0.1, -0.05) is 0 Å². The number of amides is 1. The minimum atomic E-state index is -0.519. The summed E-state index contributed by atoms with van der Waals surface area (Å²) in [5, 5.41) is 0. The minimum Gasteiger partial charge on any atom is -0.489 e. The van der Waals surface area contributed by atoms with Crippen LogP contribution in [0.25, 0.3) is 0 Å². The molecule has 0 unspecified atom stereocenters. The zero-order valence-electron chi connectivity index (χ0n) is 11.3. The van der Waals surface area contributed by atoms with Gasteiger partial charge in [-0.3, -0.25) is 10.2 Å². The number of nitrogens with one attached hydrogen (secondary N) is 1. The molecular weight excluding hydrogens is 278 g/mol. The summed E-state index contributed by atoms with van der Waals surface area (Å²) in [6, 6.07) is 7.90. The van der Waals surface area contributed by atoms with E-state index in [2.05, 4.69) is 0 Å². The molecule has 2 rings (SSSR count). The van der Waals surface area contributed by atoms with Crippen molar-refractivity contribution in [3.63, 3.8) is 0 Å². The van der Waals surface area contributed by atoms with E-state index in [1.807, 2.05) is 5.43 Å². The van der Waals surface area contributed by atoms with Crippen LogP contribution in [0.1, 0.15) is 21.5 Å². The smallest absolute Gasteiger partial charge is 0.265 e. The summed E-state index contributed by atoms with van der Waals surface area (Å²) in [6.07, 6.45) is 0. The summed E-state index contributed by atoms with van der Waals surface area (Å²) in [6.45, 7) is 1.61. The highest BCUT2D eigenvalue weighted by Crippen LogP contribution is 2.21. The number of benzene rings is 2. The predicted molar refractivity (Wildman–Crippen MR) is 73.5 cm³/mol. The first-order valence-corrected chi connectivity index (χ1v) is 6.19. The molecule has 0 spiro atoms. The van der Waals surface area contributed by atoms with E-state index in [0.717, 1.165) is 0 Å². The molecule has 3 N–H and O–H groups in total. The average molecular weight is 292 g/mol. The minimum absolute atomic E-state index is 0.0794. The van der Waals surface area contributed by atoms with E-state index in [4.69, 9.17) is 10.6 Å². The van der Waals surface area contributed by atoms with Gasteiger partial charge in [0.05, 0.1) is 0 Å². The summed E-state index contributed by atoms with van der Waals surface area (Å²) >= 11 is 0. The van der Waals surface area contributed by atoms with Crippen molar-refractivity contribution in [1.29, 1.82) is 0 Å². The van der Waals surface area contributed by atoms with Gasteiger partial charge in [0.1, 0.15) is 24.0 Å². The Balaban J connectivity index is 2.17. The van der Waals surface area contributed by atoms with Crippen molar-refractivity contribution >= 4 is 5.91 Å². The third-order valence-corrected chi connectivity index (χ3v) is 2.96. The number of rotatable bonds is 4. The molecule has 0 bridgehead atoms. The van der Waals surface area contributed by atoms with Crippen LogP contribution < -0.4 is 16.0 Å². The molecule has 21 heavy (non-hydrogen) atoms. The van der Waals surface area contributed by atoms with Crippen molar-refractivity contribution in [3.05, 3.63) is 64.7 Å². The summed E-state index contributed by atoms with van der Waals surface area (Å²) in [5.74, 6) is 4.10. The molecule has 0 radical (unpaired) electrons. The van der Waals surface area contributed by atoms with Crippen LogP contribution >= 0.6 is 0 Å². The molecule has 0 aliphatic carbocycles. The standard InChI is InChI=1S/C15H14F2N2O2/c1-9-6-12(16)3-5-14(9)21-8-11-7-10(15(20)19-18)2-4-13(11)17/h2-7H,8,18H2,1H3,(H,19,20). The largest absolute Gasteiger partial charge is 0.489 e. The average Bonchev–Trinajstić information content (AvgIpc) is 2.47. The molecule has 1 amide bonds. The van der Waals surface area contributed by atoms with Crippen LogP contribution in [0.2, 0.25) is 0 Å². The molecule has 0 saturated heterocycles. The number of hydrazine groups is 1. The second-order valence-corrected chi connectivity index (χ2v) is 4.48. The first-order valence-electron chi connectivity index (χ1n) is 6.19. The fourth-order valence-corrected chi connectivity index (χ4v) is 1.84. The zero-order chi connectivity index (χ0) is 15.4. The summed E-state index contributed by atoms with van der Waals surface area (Å²) < 4.78 is 32.1. The van der Waals surface area contributed by atoms with Crippen LogP contribution in [0.15, 0.2) is 36.4 Å². The highest BCUT2D eigenvalue weighted by atomic mass is 19.1. The second-order valence-electron chi connectivity index (χ2n) is 4.48. The number of nitrogens with two attached hydrogens (primary N) is 1. The van der Waals surface area contributed by atoms with Crippen molar-refractivity contribution in [3.8, 4) is 5.75 Å². The lowest BCUT2D eigenvalue weighted by Crippen LogP contribution is -2.30. The number of ether oxygens (including phenoxy) is 1. The van der Waals surface area contributed by atoms with Gasteiger partial charge in [0.15, 0.2) is 0 Å². The zero-order valence-corrected chi connectivity index (χ0v) is 11.3. The van der Waals surface area contributed by atoms with Crippen LogP contribution in [-0.2, 0) is 6.61 Å². The van der Waals surface area contributed by atoms with Gasteiger partial charge in [-0.15, -0.1) is 0 Å². The summed E-state index contributed by atoms with van der Waals surface area (Å²) in [5.41, 5.74) is 3.01. The number of carbonyl (C=O) groups excluding carboxylic acids is 1. The van der Waals surface area contributed by atoms with Crippen molar-refractivity contribution in [2.45, 2.75) is 13.5 Å². The molecule has 0 aromatic heterocycles. The number of aryl methyl sites for hydroxylation is 1. The molecule has 0 aliphatic rings. The maximum Gasteiger partial charge on any atom is 0.265 e. The highest BCUT2D eigenvalue weighted by molar-refractivity contribution is 5.93. The Bertz CT molecular complexity index is 675. The SMILES string of the molecule is Cc1cc(F)ccc1OCc1cc(C(=O)NN)ccc1F. The first kappa shape index (κ1) is 14.9. The monoisotopic (exact) mass is 292 g/mol. The van der Waals surface area contributed by atoms with Crippen molar-refractivity contribution < 1.29 is 18.3 Å². The molecule has 2 aromatic rings. The van der Waals surface area contributed by atoms with Crippen molar-refractivity contribution in [2.75, 3.05) is 0 Å². The molecule has 110 valence electrons. The van der Waals surface area contributed by atoms with E-state index in [-0.39, 0.29) is 23.6 Å². The van der Waals surface area contributed by atoms with Crippen LogP contribution in [-0.4, -0.2) is 5.91 Å². The number of hydrogen-bond donors (Lipinski definition) is 2. The maximum absolute atomic E-state index is 13.7. The fraction of sp³-hybridized carbons (Fsp3) is 0.133. The van der Waals surface area contributed by atoms with Crippen molar-refractivity contribution in [2.24, 2.45) is 5.84 Å². The Morgan fingerprint density at radius 1 is 1.24 bits per heavy atom. The van der Waals surface area contributed by atoms with Gasteiger partial charge < -0.3 is 4.74 Å². The molecule has 0 saturated carbocycles. The molecular formula is C15H14F2N2O2. The molecule has 4 nitrogen and oxygen atoms in total. The Hall–Kier alpha value is -2.47. The van der Waals surface area contributed by atoms with E-state index in [1.165, 1.54) is 36.4 Å². The highest BCUT2D eigenvalue weighted by Gasteiger charge is 2.10. The Kier molecular flexibility index (Phi) is 4.49. The maximum atomic E-state index is 13.7. The van der Waals surface area contributed by atoms with Crippen LogP contribution in [0.3, 0.4) is 0 Å². The van der Waals surface area contributed by atoms with Gasteiger partial charge in [0.2, 0.25) is 0 Å². The van der Waals surface area contributed by atoms with Gasteiger partial charge in [0.25, 0.3) is 5.91 Å². The van der Waals surface area contributed by atoms with Gasteiger partial charge in [-0.2, -0.15) is 0 Å². The van der Waals surface area contributed by atoms with Gasteiger partial charge in [0, 0.05) is 11.1 Å². The lowest BCUT2D eigenvalue weighted by atomic mass is 10.1. The third-order valence-electron chi connectivity index (χ3n) is 2.96. The molecule has 2 aromatic carbocycles. The molecule has 0 fully saturated rings. The predicted octanol–water partition coefficient (Wildman–Crippen LogP) is 2.46. The number of halogens is 2. The number of nitrogen functional groups attached to an aromatic ring is 1. The van der Waals surface area contributed by atoms with Gasteiger partial charge >= 0.3 is 0 Å². The van der Waals surface area contributed by atoms with Gasteiger partial charge in [-0.05, 0) is 48.9 Å². The van der Waals surface area contributed by atoms with Gasteiger partial charge in [-0.25, -0.2) is 14.6 Å². The summed E-state index contributed by atoms with van der Waals surface area (Å²) in [7, 11) is 0. The first-order chi connectivity index (χ1) is 10.0. The van der Waals surface area contributed by atoms with Crippen molar-refractivity contribution in [1.82, 2.24) is 5.43 Å². The summed E-state index contributed by atoms with van der Waals surface area (Å²) in [4.78, 5) is 11.4. The van der Waals surface area contributed by atoms with Crippen LogP contribution in [0.5, 0.6) is 5.75 Å². The Morgan fingerprint density at radius 3 is 2.67 bits per heavy atom. The Labute approximate surface area is 120 Å². The van der Waals surface area contributed by atoms with E-state index in [1.54, 1.807) is 6.92 Å². The van der Waals surface area contributed by atoms with Crippen LogP contribution in [0.4, 0.5) is 8.78 Å². The fourth-order valence-electron chi connectivity index (χ4n) is 1.84. The van der Waals surface area contributed by atoms with E-state index < -0.39 is 11.7 Å². The van der Waals surface area contributed by atoms with E-state index in [9.17, 15) is 13.6 Å². The molecule has 0 atom stereocenters. The lowest BCUT2D eigenvalue weighted by Gasteiger charge is -2.10. The van der Waals surface area contributed by atoms with Crippen LogP contribution in [0, 0.1) is 18.6 Å². The molecule has 0 heterocycles. The number of carbonyl (C=O) groups is 1. The number of hydrogen-bond acceptors (Lipinski definition) is 3.